The van der Waals surface area contributed by atoms with Crippen molar-refractivity contribution < 1.29 is 26.7 Å². The van der Waals surface area contributed by atoms with Crippen LogP contribution in [0.15, 0.2) is 62.6 Å². The molecule has 156 valence electrons. The van der Waals surface area contributed by atoms with Crippen molar-refractivity contribution in [1.82, 2.24) is 15.1 Å². The Morgan fingerprint density at radius 2 is 1.80 bits per heavy atom. The lowest BCUT2D eigenvalue weighted by atomic mass is 10.1. The maximum atomic E-state index is 13.5. The molecule has 7 nitrogen and oxygen atoms in total. The highest BCUT2D eigenvalue weighted by atomic mass is 32.2. The van der Waals surface area contributed by atoms with E-state index in [4.69, 9.17) is 0 Å². The fourth-order valence-corrected chi connectivity index (χ4v) is 5.01. The Balaban J connectivity index is 1.61. The van der Waals surface area contributed by atoms with Crippen LogP contribution < -0.4 is 0 Å². The van der Waals surface area contributed by atoms with Gasteiger partial charge in [0, 0.05) is 29.3 Å². The first kappa shape index (κ1) is 20.2. The third kappa shape index (κ3) is 4.40. The minimum absolute atomic E-state index is 0.149. The van der Waals surface area contributed by atoms with E-state index >= 15 is 0 Å². The summed E-state index contributed by atoms with van der Waals surface area (Å²) in [5.74, 6) is -1.82. The number of halogens is 3. The van der Waals surface area contributed by atoms with Crippen LogP contribution in [0.25, 0.3) is 11.4 Å². The van der Waals surface area contributed by atoms with Gasteiger partial charge in [-0.2, -0.15) is 22.5 Å². The van der Waals surface area contributed by atoms with E-state index in [0.29, 0.717) is 10.6 Å². The summed E-state index contributed by atoms with van der Waals surface area (Å²) in [5.41, 5.74) is 0.384. The molecule has 1 aliphatic rings. The van der Waals surface area contributed by atoms with Crippen LogP contribution in [0.1, 0.15) is 29.1 Å². The van der Waals surface area contributed by atoms with Crippen LogP contribution in [0.5, 0.6) is 0 Å². The van der Waals surface area contributed by atoms with Crippen LogP contribution in [-0.4, -0.2) is 31.0 Å². The molecule has 0 bridgehead atoms. The lowest BCUT2D eigenvalue weighted by Crippen LogP contribution is -2.11. The lowest BCUT2D eigenvalue weighted by molar-refractivity contribution is -0.159. The summed E-state index contributed by atoms with van der Waals surface area (Å²) in [6.07, 6.45) is 0.151. The van der Waals surface area contributed by atoms with E-state index in [1.807, 2.05) is 0 Å². The second kappa shape index (κ2) is 7.63. The van der Waals surface area contributed by atoms with Crippen molar-refractivity contribution in [1.29, 1.82) is 0 Å². The third-order valence-electron chi connectivity index (χ3n) is 4.47. The van der Waals surface area contributed by atoms with Crippen molar-refractivity contribution in [2.45, 2.75) is 23.9 Å². The number of hydrogen-bond donors (Lipinski definition) is 0. The number of benzene rings is 1. The number of hydrogen-bond acceptors (Lipinski definition) is 6. The Kier molecular flexibility index (Phi) is 5.14. The molecule has 0 saturated heterocycles. The van der Waals surface area contributed by atoms with Crippen molar-refractivity contribution in [2.75, 3.05) is 5.75 Å². The van der Waals surface area contributed by atoms with Gasteiger partial charge in [0.2, 0.25) is 5.82 Å². The first-order valence-electron chi connectivity index (χ1n) is 8.95. The molecule has 11 heteroatoms. The molecule has 0 N–H and O–H groups in total. The molecular weight excluding hydrogens is 421 g/mol. The molecule has 1 aliphatic carbocycles. The van der Waals surface area contributed by atoms with Gasteiger partial charge in [-0.15, -0.1) is 0 Å². The molecule has 2 aromatic heterocycles. The molecule has 2 heterocycles. The maximum Gasteiger partial charge on any atom is 0.471 e. The van der Waals surface area contributed by atoms with Gasteiger partial charge in [0.05, 0.1) is 14.6 Å². The van der Waals surface area contributed by atoms with E-state index in [9.17, 15) is 22.2 Å². The van der Waals surface area contributed by atoms with Crippen molar-refractivity contribution >= 4 is 15.6 Å². The van der Waals surface area contributed by atoms with E-state index in [0.717, 1.165) is 12.8 Å². The van der Waals surface area contributed by atoms with Crippen LogP contribution >= 0.6 is 0 Å². The highest BCUT2D eigenvalue weighted by molar-refractivity contribution is 7.94. The minimum atomic E-state index is -4.74. The zero-order valence-electron chi connectivity index (χ0n) is 15.4. The van der Waals surface area contributed by atoms with Gasteiger partial charge in [0.25, 0.3) is 5.91 Å². The number of alkyl halides is 3. The molecule has 4 rings (SSSR count). The standard InChI is InChI=1S/C19H15F3N4O3S/c20-19(21,22)18-24-16(25-29-18)13-3-5-14(6-4-13)17(27)26-30(28,11-12-1-2-12)15-7-9-23-10-8-15/h3-10,12H,1-2,11H2. The van der Waals surface area contributed by atoms with Gasteiger partial charge >= 0.3 is 12.1 Å². The number of rotatable bonds is 5. The largest absolute Gasteiger partial charge is 0.471 e. The smallest absolute Gasteiger partial charge is 0.329 e. The summed E-state index contributed by atoms with van der Waals surface area (Å²) in [4.78, 5) is 20.3. The molecule has 1 amide bonds. The van der Waals surface area contributed by atoms with E-state index in [-0.39, 0.29) is 22.9 Å². The normalized spacial score (nSPS) is 16.1. The topological polar surface area (TPSA) is 98.3 Å². The molecule has 0 aliphatic heterocycles. The van der Waals surface area contributed by atoms with Gasteiger partial charge in [-0.25, -0.2) is 4.21 Å². The summed E-state index contributed by atoms with van der Waals surface area (Å²) in [5, 5.41) is 3.30. The predicted molar refractivity (Wildman–Crippen MR) is 99.7 cm³/mol. The molecular formula is C19H15F3N4O3S. The molecule has 3 aromatic rings. The van der Waals surface area contributed by atoms with Crippen LogP contribution in [0.3, 0.4) is 0 Å². The quantitative estimate of drug-likeness (QED) is 0.594. The minimum Gasteiger partial charge on any atom is -0.329 e. The van der Waals surface area contributed by atoms with Crippen molar-refractivity contribution in [2.24, 2.45) is 10.3 Å². The van der Waals surface area contributed by atoms with Crippen LogP contribution in [0, 0.1) is 5.92 Å². The molecule has 0 spiro atoms. The Morgan fingerprint density at radius 1 is 1.13 bits per heavy atom. The number of amides is 1. The molecule has 1 atom stereocenters. The van der Waals surface area contributed by atoms with Gasteiger partial charge < -0.3 is 4.52 Å². The number of aromatic nitrogens is 3. The highest BCUT2D eigenvalue weighted by Crippen LogP contribution is 2.33. The Morgan fingerprint density at radius 3 is 2.37 bits per heavy atom. The summed E-state index contributed by atoms with van der Waals surface area (Å²) >= 11 is 0. The van der Waals surface area contributed by atoms with Crippen molar-refractivity contribution in [3.05, 3.63) is 60.2 Å². The average molecular weight is 436 g/mol. The SMILES string of the molecule is O=C(N=S(=O)(CC1CC1)c1ccncc1)c1ccc(-c2noc(C(F)(F)F)n2)cc1. The van der Waals surface area contributed by atoms with Crippen molar-refractivity contribution in [3.8, 4) is 11.4 Å². The first-order valence-corrected chi connectivity index (χ1v) is 10.6. The Labute approximate surface area is 169 Å². The molecule has 0 radical (unpaired) electrons. The van der Waals surface area contributed by atoms with Crippen LogP contribution in [0.4, 0.5) is 13.2 Å². The predicted octanol–water partition coefficient (Wildman–Crippen LogP) is 4.23. The zero-order chi connectivity index (χ0) is 21.4. The van der Waals surface area contributed by atoms with E-state index in [1.54, 1.807) is 12.1 Å². The second-order valence-corrected chi connectivity index (χ2v) is 9.10. The lowest BCUT2D eigenvalue weighted by Gasteiger charge is -2.09. The molecule has 1 saturated carbocycles. The monoisotopic (exact) mass is 436 g/mol. The third-order valence-corrected chi connectivity index (χ3v) is 6.86. The molecule has 1 fully saturated rings. The molecule has 30 heavy (non-hydrogen) atoms. The fourth-order valence-electron chi connectivity index (χ4n) is 2.75. The van der Waals surface area contributed by atoms with Gasteiger partial charge in [-0.3, -0.25) is 9.78 Å². The van der Waals surface area contributed by atoms with Crippen LogP contribution in [-0.2, 0) is 15.9 Å². The van der Waals surface area contributed by atoms with Gasteiger partial charge in [-0.1, -0.05) is 17.3 Å². The maximum absolute atomic E-state index is 13.5. The van der Waals surface area contributed by atoms with E-state index < -0.39 is 27.7 Å². The van der Waals surface area contributed by atoms with Gasteiger partial charge in [-0.05, 0) is 43.0 Å². The number of nitrogens with zero attached hydrogens (tertiary/aromatic N) is 4. The first-order chi connectivity index (χ1) is 14.2. The summed E-state index contributed by atoms with van der Waals surface area (Å²) < 4.78 is 59.5. The van der Waals surface area contributed by atoms with E-state index in [2.05, 4.69) is 24.0 Å². The van der Waals surface area contributed by atoms with Crippen molar-refractivity contribution in [3.63, 3.8) is 0 Å². The summed E-state index contributed by atoms with van der Waals surface area (Å²) in [6.45, 7) is 0. The number of pyridine rings is 1. The number of carbonyl (C=O) groups is 1. The number of carbonyl (C=O) groups excluding carboxylic acids is 1. The highest BCUT2D eigenvalue weighted by Gasteiger charge is 2.38. The summed E-state index contributed by atoms with van der Waals surface area (Å²) in [6, 6.07) is 8.66. The second-order valence-electron chi connectivity index (χ2n) is 6.83. The molecule has 1 aromatic carbocycles. The molecule has 1 unspecified atom stereocenters. The van der Waals surface area contributed by atoms with Crippen LogP contribution in [0.2, 0.25) is 0 Å². The van der Waals surface area contributed by atoms with Gasteiger partial charge in [0.15, 0.2) is 0 Å². The average Bonchev–Trinajstić information content (AvgIpc) is 3.37. The summed E-state index contributed by atoms with van der Waals surface area (Å²) in [7, 11) is -2.96. The Hall–Kier alpha value is -3.08. The fraction of sp³-hybridized carbons (Fsp3) is 0.263. The Bertz CT molecular complexity index is 1180. The van der Waals surface area contributed by atoms with Gasteiger partial charge in [0.1, 0.15) is 0 Å². The zero-order valence-corrected chi connectivity index (χ0v) is 16.2. The van der Waals surface area contributed by atoms with E-state index in [1.165, 1.54) is 36.7 Å².